The van der Waals surface area contributed by atoms with Crippen molar-refractivity contribution in [3.8, 4) is 11.7 Å². The molecule has 2 N–H and O–H groups in total. The van der Waals surface area contributed by atoms with Crippen molar-refractivity contribution < 1.29 is 37.1 Å². The maximum atomic E-state index is 10.6. The average Bonchev–Trinajstić information content (AvgIpc) is 3.30. The lowest BCUT2D eigenvalue weighted by Crippen LogP contribution is -2.28. The second-order valence-corrected chi connectivity index (χ2v) is 5.65. The number of carboxylic acids is 1. The third-order valence-corrected chi connectivity index (χ3v) is 3.50. The Bertz CT molecular complexity index is 700. The van der Waals surface area contributed by atoms with E-state index in [1.165, 1.54) is 6.42 Å². The van der Waals surface area contributed by atoms with Crippen LogP contribution in [-0.4, -0.2) is 41.6 Å². The van der Waals surface area contributed by atoms with Crippen LogP contribution in [0.15, 0.2) is 40.9 Å². The third kappa shape index (κ3) is 7.57. The van der Waals surface area contributed by atoms with Crippen LogP contribution in [-0.2, 0) is 11.4 Å². The van der Waals surface area contributed by atoms with Gasteiger partial charge in [-0.15, -0.1) is 0 Å². The van der Waals surface area contributed by atoms with Crippen molar-refractivity contribution in [1.82, 2.24) is 10.5 Å². The van der Waals surface area contributed by atoms with Crippen LogP contribution in [0.25, 0.3) is 0 Å². The van der Waals surface area contributed by atoms with Crippen LogP contribution in [0, 0.1) is 0 Å². The first-order valence-corrected chi connectivity index (χ1v) is 8.14. The molecule has 2 heterocycles. The first-order valence-electron chi connectivity index (χ1n) is 8.14. The van der Waals surface area contributed by atoms with Crippen LogP contribution in [0.1, 0.15) is 18.5 Å². The molecule has 1 saturated heterocycles. The van der Waals surface area contributed by atoms with E-state index >= 15 is 0 Å². The molecule has 0 aliphatic carbocycles. The van der Waals surface area contributed by atoms with Crippen molar-refractivity contribution in [2.45, 2.75) is 31.7 Å². The predicted molar refractivity (Wildman–Crippen MR) is 87.5 cm³/mol. The molecule has 1 aromatic carbocycles. The van der Waals surface area contributed by atoms with Gasteiger partial charge in [0.1, 0.15) is 24.7 Å². The van der Waals surface area contributed by atoms with Gasteiger partial charge in [0.25, 0.3) is 0 Å². The summed E-state index contributed by atoms with van der Waals surface area (Å²) in [6, 6.07) is 11.8. The van der Waals surface area contributed by atoms with Gasteiger partial charge in [0, 0.05) is 12.1 Å². The molecule has 0 unspecified atom stereocenters. The molecule has 0 radical (unpaired) electrons. The molecule has 0 bridgehead atoms. The summed E-state index contributed by atoms with van der Waals surface area (Å²) in [5.74, 6) is -1.49. The Kier molecular flexibility index (Phi) is 7.47. The second kappa shape index (κ2) is 9.81. The topological polar surface area (TPSA) is 93.8 Å². The summed E-state index contributed by atoms with van der Waals surface area (Å²) < 4.78 is 48.0. The minimum Gasteiger partial charge on any atom is -0.487 e. The molecule has 1 aliphatic heterocycles. The summed E-state index contributed by atoms with van der Waals surface area (Å²) >= 11 is 0. The number of nitrogens with one attached hydrogen (secondary N) is 1. The SMILES string of the molecule is O=C(O)C(F)(F)F.c1ccc(OCc2cc(OC[C@@H]3CCCN3)on2)cc1. The Morgan fingerprint density at radius 2 is 2.00 bits per heavy atom. The Morgan fingerprint density at radius 1 is 1.30 bits per heavy atom. The molecule has 0 saturated carbocycles. The zero-order valence-corrected chi connectivity index (χ0v) is 14.2. The highest BCUT2D eigenvalue weighted by Crippen LogP contribution is 2.17. The first-order chi connectivity index (χ1) is 12.8. The number of alkyl halides is 3. The van der Waals surface area contributed by atoms with E-state index in [2.05, 4.69) is 10.5 Å². The molecular weight excluding hydrogens is 369 g/mol. The fourth-order valence-corrected chi connectivity index (χ4v) is 2.18. The number of carbonyl (C=O) groups is 1. The van der Waals surface area contributed by atoms with Gasteiger partial charge in [0.2, 0.25) is 0 Å². The van der Waals surface area contributed by atoms with E-state index in [0.717, 1.165) is 24.4 Å². The number of carboxylic acid groups (broad SMARTS) is 1. The summed E-state index contributed by atoms with van der Waals surface area (Å²) in [6.45, 7) is 2.06. The van der Waals surface area contributed by atoms with Crippen molar-refractivity contribution in [3.63, 3.8) is 0 Å². The quantitative estimate of drug-likeness (QED) is 0.786. The predicted octanol–water partition coefficient (Wildman–Crippen LogP) is 3.02. The molecule has 27 heavy (non-hydrogen) atoms. The molecule has 1 aromatic heterocycles. The number of aliphatic carboxylic acids is 1. The molecule has 148 valence electrons. The Balaban J connectivity index is 0.000000321. The standard InChI is InChI=1S/C15H18N2O3.C2HF3O2/c1-2-6-14(7-3-1)18-11-13-9-15(20-17-13)19-10-12-5-4-8-16-12;3-2(4,5)1(6)7/h1-3,6-7,9,12,16H,4-5,8,10-11H2;(H,6,7)/t12-;/m0./s1. The molecule has 0 amide bonds. The molecule has 1 fully saturated rings. The summed E-state index contributed by atoms with van der Waals surface area (Å²) in [6.07, 6.45) is -2.72. The number of ether oxygens (including phenoxy) is 2. The van der Waals surface area contributed by atoms with Gasteiger partial charge in [-0.3, -0.25) is 0 Å². The Morgan fingerprint density at radius 3 is 2.59 bits per heavy atom. The highest BCUT2D eigenvalue weighted by atomic mass is 19.4. The van der Waals surface area contributed by atoms with Gasteiger partial charge in [-0.05, 0) is 31.5 Å². The fraction of sp³-hybridized carbons (Fsp3) is 0.412. The van der Waals surface area contributed by atoms with Gasteiger partial charge in [0.05, 0.1) is 0 Å². The lowest BCUT2D eigenvalue weighted by Gasteiger charge is -2.08. The van der Waals surface area contributed by atoms with Crippen LogP contribution in [0.3, 0.4) is 0 Å². The maximum absolute atomic E-state index is 10.6. The molecule has 1 aliphatic rings. The lowest BCUT2D eigenvalue weighted by molar-refractivity contribution is -0.192. The molecule has 10 heteroatoms. The van der Waals surface area contributed by atoms with Gasteiger partial charge in [-0.25, -0.2) is 4.79 Å². The monoisotopic (exact) mass is 388 g/mol. The molecule has 1 atom stereocenters. The van der Waals surface area contributed by atoms with Crippen molar-refractivity contribution >= 4 is 5.97 Å². The Labute approximate surface area is 153 Å². The molecular formula is C17H19F3N2O5. The minimum absolute atomic E-state index is 0.374. The van der Waals surface area contributed by atoms with Crippen LogP contribution >= 0.6 is 0 Å². The van der Waals surface area contributed by atoms with Gasteiger partial charge >= 0.3 is 18.1 Å². The number of aromatic nitrogens is 1. The van der Waals surface area contributed by atoms with Gasteiger partial charge in [-0.2, -0.15) is 13.2 Å². The third-order valence-electron chi connectivity index (χ3n) is 3.50. The molecule has 2 aromatic rings. The van der Waals surface area contributed by atoms with Crippen molar-refractivity contribution in [1.29, 1.82) is 0 Å². The zero-order valence-electron chi connectivity index (χ0n) is 14.2. The van der Waals surface area contributed by atoms with Gasteiger partial charge < -0.3 is 24.4 Å². The summed E-state index contributed by atoms with van der Waals surface area (Å²) in [5.41, 5.74) is 0.725. The molecule has 3 rings (SSSR count). The molecule has 0 spiro atoms. The highest BCUT2D eigenvalue weighted by Gasteiger charge is 2.38. The van der Waals surface area contributed by atoms with Crippen molar-refractivity contribution in [3.05, 3.63) is 42.1 Å². The van der Waals surface area contributed by atoms with Crippen LogP contribution in [0.2, 0.25) is 0 Å². The molecule has 7 nitrogen and oxygen atoms in total. The van der Waals surface area contributed by atoms with Crippen LogP contribution < -0.4 is 14.8 Å². The Hall–Kier alpha value is -2.75. The summed E-state index contributed by atoms with van der Waals surface area (Å²) in [4.78, 5) is 8.90. The van der Waals surface area contributed by atoms with Crippen LogP contribution in [0.5, 0.6) is 11.7 Å². The number of halogens is 3. The second-order valence-electron chi connectivity index (χ2n) is 5.65. The van der Waals surface area contributed by atoms with E-state index in [4.69, 9.17) is 23.9 Å². The van der Waals surface area contributed by atoms with Crippen LogP contribution in [0.4, 0.5) is 13.2 Å². The van der Waals surface area contributed by atoms with Crippen molar-refractivity contribution in [2.24, 2.45) is 0 Å². The highest BCUT2D eigenvalue weighted by molar-refractivity contribution is 5.73. The van der Waals surface area contributed by atoms with Crippen molar-refractivity contribution in [2.75, 3.05) is 13.2 Å². The number of nitrogens with zero attached hydrogens (tertiary/aromatic N) is 1. The maximum Gasteiger partial charge on any atom is 0.490 e. The van der Waals surface area contributed by atoms with E-state index in [0.29, 0.717) is 25.2 Å². The summed E-state index contributed by atoms with van der Waals surface area (Å²) in [7, 11) is 0. The largest absolute Gasteiger partial charge is 0.490 e. The number of rotatable bonds is 6. The zero-order chi connectivity index (χ0) is 19.7. The number of para-hydroxylation sites is 1. The normalized spacial score (nSPS) is 16.3. The van der Waals surface area contributed by atoms with E-state index < -0.39 is 12.1 Å². The first kappa shape index (κ1) is 20.6. The minimum atomic E-state index is -5.08. The van der Waals surface area contributed by atoms with E-state index in [-0.39, 0.29) is 0 Å². The smallest absolute Gasteiger partial charge is 0.487 e. The van der Waals surface area contributed by atoms with Gasteiger partial charge in [-0.1, -0.05) is 23.4 Å². The number of hydrogen-bond donors (Lipinski definition) is 2. The average molecular weight is 388 g/mol. The van der Waals surface area contributed by atoms with E-state index in [1.807, 2.05) is 30.3 Å². The van der Waals surface area contributed by atoms with E-state index in [9.17, 15) is 13.2 Å². The summed E-state index contributed by atoms with van der Waals surface area (Å²) in [5, 5.41) is 14.4. The number of benzene rings is 1. The fourth-order valence-electron chi connectivity index (χ4n) is 2.18. The lowest BCUT2D eigenvalue weighted by atomic mass is 10.2. The van der Waals surface area contributed by atoms with Gasteiger partial charge in [0.15, 0.2) is 0 Å². The van der Waals surface area contributed by atoms with E-state index in [1.54, 1.807) is 6.07 Å². The number of hydrogen-bond acceptors (Lipinski definition) is 6.